The summed E-state index contributed by atoms with van der Waals surface area (Å²) in [6.45, 7) is 5.10. The molecule has 0 saturated carbocycles. The van der Waals surface area contributed by atoms with Gasteiger partial charge in [-0.05, 0) is 25.5 Å². The van der Waals surface area contributed by atoms with Crippen molar-refractivity contribution >= 4 is 0 Å². The van der Waals surface area contributed by atoms with Crippen LogP contribution in [0.25, 0.3) is 0 Å². The molecule has 0 saturated heterocycles. The first kappa shape index (κ1) is 14.2. The summed E-state index contributed by atoms with van der Waals surface area (Å²) in [6, 6.07) is 6.41. The van der Waals surface area contributed by atoms with Crippen LogP contribution in [0.5, 0.6) is 11.5 Å². The lowest BCUT2D eigenvalue weighted by atomic mass is 10.00. The molecule has 1 atom stereocenters. The van der Waals surface area contributed by atoms with Gasteiger partial charge >= 0.3 is 0 Å². The highest BCUT2D eigenvalue weighted by Crippen LogP contribution is 2.38. The number of ether oxygens (including phenoxy) is 3. The molecule has 1 heterocycles. The molecule has 4 heteroatoms. The lowest BCUT2D eigenvalue weighted by Gasteiger charge is -2.25. The summed E-state index contributed by atoms with van der Waals surface area (Å²) in [6.07, 6.45) is 2.06. The first-order valence-electron chi connectivity index (χ1n) is 6.97. The molecule has 0 aliphatic carbocycles. The topological polar surface area (TPSA) is 39.7 Å². The first-order valence-corrected chi connectivity index (χ1v) is 6.97. The number of fused-ring (bicyclic) bond motifs is 1. The fourth-order valence-corrected chi connectivity index (χ4v) is 2.42. The molecule has 0 aromatic heterocycles. The second-order valence-corrected chi connectivity index (χ2v) is 4.62. The Bertz CT molecular complexity index is 395. The number of hydrogen-bond acceptors (Lipinski definition) is 4. The van der Waals surface area contributed by atoms with E-state index in [1.165, 1.54) is 5.56 Å². The van der Waals surface area contributed by atoms with Crippen LogP contribution in [0.15, 0.2) is 18.2 Å². The van der Waals surface area contributed by atoms with Crippen molar-refractivity contribution in [2.24, 2.45) is 0 Å². The summed E-state index contributed by atoms with van der Waals surface area (Å²) in [5, 5.41) is 3.52. The summed E-state index contributed by atoms with van der Waals surface area (Å²) >= 11 is 0. The second kappa shape index (κ2) is 7.36. The van der Waals surface area contributed by atoms with Crippen molar-refractivity contribution in [1.82, 2.24) is 5.32 Å². The molecule has 0 bridgehead atoms. The monoisotopic (exact) mass is 265 g/mol. The smallest absolute Gasteiger partial charge is 0.166 e. The van der Waals surface area contributed by atoms with E-state index in [4.69, 9.17) is 14.2 Å². The van der Waals surface area contributed by atoms with E-state index in [9.17, 15) is 0 Å². The van der Waals surface area contributed by atoms with Gasteiger partial charge in [0.1, 0.15) is 13.2 Å². The van der Waals surface area contributed by atoms with Gasteiger partial charge in [-0.3, -0.25) is 0 Å². The Morgan fingerprint density at radius 2 is 2.16 bits per heavy atom. The van der Waals surface area contributed by atoms with Crippen LogP contribution in [0.1, 0.15) is 31.4 Å². The van der Waals surface area contributed by atoms with Crippen LogP contribution in [0.4, 0.5) is 0 Å². The highest BCUT2D eigenvalue weighted by atomic mass is 16.6. The zero-order chi connectivity index (χ0) is 13.5. The van der Waals surface area contributed by atoms with Gasteiger partial charge in [-0.25, -0.2) is 0 Å². The standard InChI is InChI=1S/C15H23NO3/c1-3-16-13(7-5-9-17-2)12-6-4-8-14-15(12)19-11-10-18-14/h4,6,8,13,16H,3,5,7,9-11H2,1-2H3. The average Bonchev–Trinajstić information content (AvgIpc) is 2.46. The third-order valence-electron chi connectivity index (χ3n) is 3.26. The largest absolute Gasteiger partial charge is 0.486 e. The van der Waals surface area contributed by atoms with Crippen LogP contribution < -0.4 is 14.8 Å². The van der Waals surface area contributed by atoms with Crippen LogP contribution in [0.3, 0.4) is 0 Å². The van der Waals surface area contributed by atoms with E-state index in [0.29, 0.717) is 13.2 Å². The maximum absolute atomic E-state index is 5.79. The molecule has 1 aliphatic rings. The van der Waals surface area contributed by atoms with Crippen LogP contribution in [0, 0.1) is 0 Å². The van der Waals surface area contributed by atoms with E-state index in [-0.39, 0.29) is 6.04 Å². The Balaban J connectivity index is 2.15. The van der Waals surface area contributed by atoms with E-state index in [1.807, 2.05) is 12.1 Å². The van der Waals surface area contributed by atoms with Crippen molar-refractivity contribution in [3.8, 4) is 11.5 Å². The number of nitrogens with one attached hydrogen (secondary N) is 1. The van der Waals surface area contributed by atoms with Gasteiger partial charge < -0.3 is 19.5 Å². The number of rotatable bonds is 7. The second-order valence-electron chi connectivity index (χ2n) is 4.62. The zero-order valence-corrected chi connectivity index (χ0v) is 11.8. The molecule has 106 valence electrons. The minimum Gasteiger partial charge on any atom is -0.486 e. The van der Waals surface area contributed by atoms with E-state index in [0.717, 1.165) is 37.5 Å². The molecule has 2 rings (SSSR count). The Labute approximate surface area is 115 Å². The Kier molecular flexibility index (Phi) is 5.48. The van der Waals surface area contributed by atoms with Crippen molar-refractivity contribution in [1.29, 1.82) is 0 Å². The van der Waals surface area contributed by atoms with E-state index in [1.54, 1.807) is 7.11 Å². The van der Waals surface area contributed by atoms with Crippen molar-refractivity contribution in [2.75, 3.05) is 33.5 Å². The van der Waals surface area contributed by atoms with Crippen LogP contribution >= 0.6 is 0 Å². The lowest BCUT2D eigenvalue weighted by Crippen LogP contribution is -2.24. The predicted octanol–water partition coefficient (Wildman–Crippen LogP) is 2.54. The summed E-state index contributed by atoms with van der Waals surface area (Å²) in [5.74, 6) is 1.76. The van der Waals surface area contributed by atoms with Gasteiger partial charge in [-0.1, -0.05) is 19.1 Å². The molecule has 0 amide bonds. The summed E-state index contributed by atoms with van der Waals surface area (Å²) in [4.78, 5) is 0. The summed E-state index contributed by atoms with van der Waals surface area (Å²) < 4.78 is 16.6. The minimum atomic E-state index is 0.289. The van der Waals surface area contributed by atoms with Crippen molar-refractivity contribution in [3.05, 3.63) is 23.8 Å². The maximum atomic E-state index is 5.79. The number of para-hydroxylation sites is 1. The van der Waals surface area contributed by atoms with Crippen LogP contribution in [-0.4, -0.2) is 33.5 Å². The quantitative estimate of drug-likeness (QED) is 0.769. The van der Waals surface area contributed by atoms with Crippen molar-refractivity contribution < 1.29 is 14.2 Å². The van der Waals surface area contributed by atoms with Gasteiger partial charge in [0.25, 0.3) is 0 Å². The number of hydrogen-bond donors (Lipinski definition) is 1. The molecular weight excluding hydrogens is 242 g/mol. The fraction of sp³-hybridized carbons (Fsp3) is 0.600. The Morgan fingerprint density at radius 3 is 2.95 bits per heavy atom. The molecule has 19 heavy (non-hydrogen) atoms. The molecule has 1 aliphatic heterocycles. The molecule has 1 N–H and O–H groups in total. The van der Waals surface area contributed by atoms with Crippen LogP contribution in [0.2, 0.25) is 0 Å². The van der Waals surface area contributed by atoms with Crippen molar-refractivity contribution in [3.63, 3.8) is 0 Å². The molecule has 1 aromatic carbocycles. The summed E-state index contributed by atoms with van der Waals surface area (Å²) in [5.41, 5.74) is 1.19. The van der Waals surface area contributed by atoms with Gasteiger partial charge in [0, 0.05) is 25.3 Å². The SMILES string of the molecule is CCNC(CCCOC)c1cccc2c1OCCO2. The van der Waals surface area contributed by atoms with Gasteiger partial charge in [0.2, 0.25) is 0 Å². The number of methoxy groups -OCH3 is 1. The molecule has 1 aromatic rings. The van der Waals surface area contributed by atoms with Gasteiger partial charge in [-0.2, -0.15) is 0 Å². The molecular formula is C15H23NO3. The van der Waals surface area contributed by atoms with Crippen LogP contribution in [-0.2, 0) is 4.74 Å². The Morgan fingerprint density at radius 1 is 1.32 bits per heavy atom. The number of benzene rings is 1. The first-order chi connectivity index (χ1) is 9.36. The molecule has 1 unspecified atom stereocenters. The average molecular weight is 265 g/mol. The summed E-state index contributed by atoms with van der Waals surface area (Å²) in [7, 11) is 1.74. The Hall–Kier alpha value is -1.26. The molecule has 0 fully saturated rings. The highest BCUT2D eigenvalue weighted by Gasteiger charge is 2.21. The van der Waals surface area contributed by atoms with E-state index in [2.05, 4.69) is 18.3 Å². The normalized spacial score (nSPS) is 15.3. The zero-order valence-electron chi connectivity index (χ0n) is 11.8. The van der Waals surface area contributed by atoms with E-state index >= 15 is 0 Å². The maximum Gasteiger partial charge on any atom is 0.166 e. The predicted molar refractivity (Wildman–Crippen MR) is 75.0 cm³/mol. The van der Waals surface area contributed by atoms with Gasteiger partial charge in [0.05, 0.1) is 0 Å². The van der Waals surface area contributed by atoms with Gasteiger partial charge in [0.15, 0.2) is 11.5 Å². The highest BCUT2D eigenvalue weighted by molar-refractivity contribution is 5.48. The molecule has 4 nitrogen and oxygen atoms in total. The third-order valence-corrected chi connectivity index (χ3v) is 3.26. The van der Waals surface area contributed by atoms with Gasteiger partial charge in [-0.15, -0.1) is 0 Å². The lowest BCUT2D eigenvalue weighted by molar-refractivity contribution is 0.167. The molecule has 0 radical (unpaired) electrons. The van der Waals surface area contributed by atoms with E-state index < -0.39 is 0 Å². The van der Waals surface area contributed by atoms with Crippen molar-refractivity contribution in [2.45, 2.75) is 25.8 Å². The third kappa shape index (κ3) is 3.61. The minimum absolute atomic E-state index is 0.289. The molecule has 0 spiro atoms. The fourth-order valence-electron chi connectivity index (χ4n) is 2.42.